The fourth-order valence-corrected chi connectivity index (χ4v) is 5.34. The molecule has 0 saturated heterocycles. The quantitative estimate of drug-likeness (QED) is 0.0424. The van der Waals surface area contributed by atoms with E-state index in [1.807, 2.05) is 0 Å². The number of hydrogen-bond donors (Lipinski definition) is 7. The highest BCUT2D eigenvalue weighted by molar-refractivity contribution is 6.37. The molecule has 4 atom stereocenters. The second kappa shape index (κ2) is 28.9. The van der Waals surface area contributed by atoms with Crippen LogP contribution in [0.15, 0.2) is 0 Å². The maximum Gasteiger partial charge on any atom is 0.287 e. The summed E-state index contributed by atoms with van der Waals surface area (Å²) in [4.78, 5) is 74.9. The lowest BCUT2D eigenvalue weighted by molar-refractivity contribution is -0.139. The van der Waals surface area contributed by atoms with E-state index in [2.05, 4.69) is 28.2 Å². The van der Waals surface area contributed by atoms with Crippen molar-refractivity contribution < 1.29 is 28.8 Å². The molecule has 48 heavy (non-hydrogen) atoms. The molecule has 0 spiro atoms. The Bertz CT molecular complexity index is 948. The highest BCUT2D eigenvalue weighted by atomic mass is 16.2. The average molecular weight is 682 g/mol. The summed E-state index contributed by atoms with van der Waals surface area (Å²) >= 11 is 0. The SMILES string of the molecule is CCCCCCCCCCCCCCCC(=O)N[C@@H](CCCCN)C(=O)N[C@@H](C)C(=O)N[C@@H](C)C(=O)N[C@@H](CCCCN)C(=O)C(N)=O. The zero-order valence-electron chi connectivity index (χ0n) is 30.0. The van der Waals surface area contributed by atoms with Crippen molar-refractivity contribution in [3.8, 4) is 0 Å². The number of rotatable bonds is 31. The minimum atomic E-state index is -1.17. The van der Waals surface area contributed by atoms with Crippen molar-refractivity contribution in [2.45, 2.75) is 173 Å². The van der Waals surface area contributed by atoms with Gasteiger partial charge in [-0.05, 0) is 71.9 Å². The Morgan fingerprint density at radius 1 is 0.500 bits per heavy atom. The predicted octanol–water partition coefficient (Wildman–Crippen LogP) is 2.76. The standard InChI is InChI=1S/C35H67N7O6/c1-4-5-6-7-8-9-10-11-12-13-14-15-16-23-30(43)41-29(22-18-20-25-37)35(48)40-26(2)33(46)39-27(3)34(47)42-28(21-17-19-24-36)31(44)32(38)45/h26-29H,4-25,36-37H2,1-3H3,(H2,38,45)(H,39,46)(H,40,48)(H,41,43)(H,42,47)/t26-,27-,28-,29-/m0/s1. The Labute approximate surface area is 288 Å². The predicted molar refractivity (Wildman–Crippen MR) is 189 cm³/mol. The summed E-state index contributed by atoms with van der Waals surface area (Å²) in [7, 11) is 0. The second-order valence-electron chi connectivity index (χ2n) is 12.9. The smallest absolute Gasteiger partial charge is 0.287 e. The minimum Gasteiger partial charge on any atom is -0.363 e. The number of carbonyl (C=O) groups is 6. The number of primary amides is 1. The van der Waals surface area contributed by atoms with E-state index >= 15 is 0 Å². The topological polar surface area (TPSA) is 229 Å². The van der Waals surface area contributed by atoms with Crippen LogP contribution < -0.4 is 38.5 Å². The Morgan fingerprint density at radius 3 is 1.38 bits per heavy atom. The highest BCUT2D eigenvalue weighted by Gasteiger charge is 2.29. The maximum atomic E-state index is 13.1. The Hall–Kier alpha value is -3.06. The van der Waals surface area contributed by atoms with Crippen LogP contribution >= 0.6 is 0 Å². The molecule has 13 nitrogen and oxygen atoms in total. The number of hydrogen-bond acceptors (Lipinski definition) is 8. The molecule has 0 aliphatic carbocycles. The summed E-state index contributed by atoms with van der Waals surface area (Å²) in [5, 5.41) is 10.4. The third-order valence-electron chi connectivity index (χ3n) is 8.43. The van der Waals surface area contributed by atoms with Crippen molar-refractivity contribution in [1.29, 1.82) is 0 Å². The van der Waals surface area contributed by atoms with Gasteiger partial charge in [-0.3, -0.25) is 28.8 Å². The third kappa shape index (κ3) is 22.5. The number of Topliss-reactive ketones (excluding diaryl/α,β-unsaturated/α-hetero) is 1. The van der Waals surface area contributed by atoms with Crippen molar-refractivity contribution >= 4 is 35.3 Å². The zero-order chi connectivity index (χ0) is 36.2. The number of amides is 5. The number of nitrogens with two attached hydrogens (primary N) is 3. The molecule has 0 heterocycles. The molecular formula is C35H67N7O6. The fraction of sp³-hybridized carbons (Fsp3) is 0.829. The van der Waals surface area contributed by atoms with Crippen LogP contribution in [0.4, 0.5) is 0 Å². The first-order chi connectivity index (χ1) is 23.0. The van der Waals surface area contributed by atoms with Crippen molar-refractivity contribution in [2.75, 3.05) is 13.1 Å². The Kier molecular flexibility index (Phi) is 27.1. The number of carbonyl (C=O) groups excluding carboxylic acids is 6. The van der Waals surface area contributed by atoms with E-state index in [0.29, 0.717) is 51.6 Å². The summed E-state index contributed by atoms with van der Waals surface area (Å²) in [5.41, 5.74) is 16.2. The summed E-state index contributed by atoms with van der Waals surface area (Å²) in [5.74, 6) is -4.13. The molecule has 0 bridgehead atoms. The van der Waals surface area contributed by atoms with Gasteiger partial charge in [0.1, 0.15) is 18.1 Å². The van der Waals surface area contributed by atoms with Crippen LogP contribution in [0.25, 0.3) is 0 Å². The summed E-state index contributed by atoms with van der Waals surface area (Å²) in [6, 6.07) is -4.04. The van der Waals surface area contributed by atoms with E-state index in [1.165, 1.54) is 78.1 Å². The van der Waals surface area contributed by atoms with Crippen LogP contribution in [0.1, 0.15) is 149 Å². The van der Waals surface area contributed by atoms with E-state index in [-0.39, 0.29) is 12.3 Å². The number of unbranched alkanes of at least 4 members (excludes halogenated alkanes) is 14. The first kappa shape index (κ1) is 44.9. The van der Waals surface area contributed by atoms with Crippen molar-refractivity contribution in [3.63, 3.8) is 0 Å². The molecule has 0 aromatic carbocycles. The summed E-state index contributed by atoms with van der Waals surface area (Å²) in [6.45, 7) is 5.97. The molecular weight excluding hydrogens is 614 g/mol. The van der Waals surface area contributed by atoms with Crippen LogP contribution in [-0.4, -0.2) is 72.6 Å². The van der Waals surface area contributed by atoms with Crippen LogP contribution in [0, 0.1) is 0 Å². The molecule has 13 heteroatoms. The summed E-state index contributed by atoms with van der Waals surface area (Å²) in [6.07, 6.45) is 19.0. The Balaban J connectivity index is 4.70. The number of ketones is 1. The van der Waals surface area contributed by atoms with Crippen molar-refractivity contribution in [3.05, 3.63) is 0 Å². The lowest BCUT2D eigenvalue weighted by Gasteiger charge is -2.23. The largest absolute Gasteiger partial charge is 0.363 e. The molecule has 0 fully saturated rings. The van der Waals surface area contributed by atoms with Gasteiger partial charge in [0.05, 0.1) is 6.04 Å². The molecule has 278 valence electrons. The van der Waals surface area contributed by atoms with Gasteiger partial charge in [0.15, 0.2) is 0 Å². The van der Waals surface area contributed by atoms with Crippen molar-refractivity contribution in [1.82, 2.24) is 21.3 Å². The molecule has 0 aromatic rings. The number of nitrogens with one attached hydrogen (secondary N) is 4. The third-order valence-corrected chi connectivity index (χ3v) is 8.43. The van der Waals surface area contributed by atoms with Gasteiger partial charge in [0, 0.05) is 6.42 Å². The first-order valence-electron chi connectivity index (χ1n) is 18.4. The molecule has 0 rings (SSSR count). The van der Waals surface area contributed by atoms with Gasteiger partial charge in [-0.25, -0.2) is 0 Å². The van der Waals surface area contributed by atoms with Gasteiger partial charge >= 0.3 is 0 Å². The molecule has 0 radical (unpaired) electrons. The lowest BCUT2D eigenvalue weighted by Crippen LogP contribution is -2.56. The van der Waals surface area contributed by atoms with E-state index in [1.54, 1.807) is 0 Å². The van der Waals surface area contributed by atoms with Crippen LogP contribution in [-0.2, 0) is 28.8 Å². The molecule has 0 aliphatic rings. The van der Waals surface area contributed by atoms with Gasteiger partial charge < -0.3 is 38.5 Å². The lowest BCUT2D eigenvalue weighted by atomic mass is 10.0. The van der Waals surface area contributed by atoms with Gasteiger partial charge in [-0.1, -0.05) is 84.0 Å². The van der Waals surface area contributed by atoms with Crippen LogP contribution in [0.2, 0.25) is 0 Å². The monoisotopic (exact) mass is 682 g/mol. The van der Waals surface area contributed by atoms with E-state index < -0.39 is 53.6 Å². The minimum absolute atomic E-state index is 0.175. The van der Waals surface area contributed by atoms with E-state index in [9.17, 15) is 28.8 Å². The molecule has 0 saturated carbocycles. The Morgan fingerprint density at radius 2 is 0.917 bits per heavy atom. The highest BCUT2D eigenvalue weighted by Crippen LogP contribution is 2.13. The van der Waals surface area contributed by atoms with Gasteiger partial charge in [-0.2, -0.15) is 0 Å². The second-order valence-corrected chi connectivity index (χ2v) is 12.9. The normalized spacial score (nSPS) is 13.5. The first-order valence-corrected chi connectivity index (χ1v) is 18.4. The zero-order valence-corrected chi connectivity index (χ0v) is 30.0. The van der Waals surface area contributed by atoms with E-state index in [0.717, 1.165) is 19.3 Å². The molecule has 5 amide bonds. The van der Waals surface area contributed by atoms with Gasteiger partial charge in [0.2, 0.25) is 29.4 Å². The molecule has 0 aromatic heterocycles. The van der Waals surface area contributed by atoms with Crippen molar-refractivity contribution in [2.24, 2.45) is 17.2 Å². The molecule has 0 aliphatic heterocycles. The molecule has 0 unspecified atom stereocenters. The van der Waals surface area contributed by atoms with E-state index in [4.69, 9.17) is 17.2 Å². The summed E-state index contributed by atoms with van der Waals surface area (Å²) < 4.78 is 0. The van der Waals surface area contributed by atoms with Gasteiger partial charge in [-0.15, -0.1) is 0 Å². The van der Waals surface area contributed by atoms with Gasteiger partial charge in [0.25, 0.3) is 5.91 Å². The molecule has 10 N–H and O–H groups in total. The van der Waals surface area contributed by atoms with Crippen LogP contribution in [0.5, 0.6) is 0 Å². The average Bonchev–Trinajstić information content (AvgIpc) is 3.05. The maximum absolute atomic E-state index is 13.1. The van der Waals surface area contributed by atoms with Crippen LogP contribution in [0.3, 0.4) is 0 Å². The fourth-order valence-electron chi connectivity index (χ4n) is 5.34.